The molecule has 2 rings (SSSR count). The lowest BCUT2D eigenvalue weighted by atomic mass is 10.1. The van der Waals surface area contributed by atoms with Crippen molar-refractivity contribution < 1.29 is 14.8 Å². The van der Waals surface area contributed by atoms with Gasteiger partial charge in [0.05, 0.1) is 23.1 Å². The highest BCUT2D eigenvalue weighted by molar-refractivity contribution is 9.10. The normalized spacial score (nSPS) is 18.6. The molecule has 0 spiro atoms. The van der Waals surface area contributed by atoms with Crippen molar-refractivity contribution in [3.05, 3.63) is 38.3 Å². The van der Waals surface area contributed by atoms with Crippen LogP contribution in [0, 0.1) is 10.1 Å². The molecule has 6 nitrogen and oxygen atoms in total. The van der Waals surface area contributed by atoms with Crippen molar-refractivity contribution >= 4 is 27.5 Å². The maximum atomic E-state index is 12.3. The van der Waals surface area contributed by atoms with Crippen LogP contribution < -0.4 is 0 Å². The van der Waals surface area contributed by atoms with Crippen LogP contribution in [0.1, 0.15) is 23.2 Å². The number of nitrogens with zero attached hydrogens (tertiary/aromatic N) is 2. The summed E-state index contributed by atoms with van der Waals surface area (Å²) in [4.78, 5) is 24.1. The van der Waals surface area contributed by atoms with Crippen LogP contribution in [-0.2, 0) is 0 Å². The van der Waals surface area contributed by atoms with Gasteiger partial charge < -0.3 is 10.0 Å². The third kappa shape index (κ3) is 2.76. The van der Waals surface area contributed by atoms with Crippen molar-refractivity contribution in [3.8, 4) is 0 Å². The van der Waals surface area contributed by atoms with Crippen LogP contribution in [0.15, 0.2) is 22.7 Å². The van der Waals surface area contributed by atoms with E-state index in [2.05, 4.69) is 15.9 Å². The van der Waals surface area contributed by atoms with E-state index < -0.39 is 4.92 Å². The summed E-state index contributed by atoms with van der Waals surface area (Å²) in [5.74, 6) is -0.210. The second-order valence-corrected chi connectivity index (χ2v) is 5.25. The van der Waals surface area contributed by atoms with Crippen LogP contribution in [0.4, 0.5) is 5.69 Å². The highest BCUT2D eigenvalue weighted by atomic mass is 79.9. The Kier molecular flexibility index (Phi) is 4.16. The molecule has 102 valence electrons. The van der Waals surface area contributed by atoms with Crippen LogP contribution >= 0.6 is 15.9 Å². The van der Waals surface area contributed by atoms with E-state index in [1.54, 1.807) is 4.90 Å². The quantitative estimate of drug-likeness (QED) is 0.679. The highest BCUT2D eigenvalue weighted by Crippen LogP contribution is 2.27. The molecule has 1 atom stereocenters. The summed E-state index contributed by atoms with van der Waals surface area (Å²) in [7, 11) is 0. The number of aliphatic hydroxyl groups is 1. The van der Waals surface area contributed by atoms with Crippen LogP contribution in [0.25, 0.3) is 0 Å². The minimum Gasteiger partial charge on any atom is -0.394 e. The Morgan fingerprint density at radius 2 is 2.32 bits per heavy atom. The van der Waals surface area contributed by atoms with Gasteiger partial charge in [-0.25, -0.2) is 0 Å². The first kappa shape index (κ1) is 14.0. The van der Waals surface area contributed by atoms with Crippen molar-refractivity contribution in [2.75, 3.05) is 13.2 Å². The average Bonchev–Trinajstić information content (AvgIpc) is 2.85. The molecule has 0 radical (unpaired) electrons. The van der Waals surface area contributed by atoms with Gasteiger partial charge in [0.15, 0.2) is 0 Å². The maximum Gasteiger partial charge on any atom is 0.270 e. The Morgan fingerprint density at radius 3 is 2.89 bits per heavy atom. The Hall–Kier alpha value is -1.47. The van der Waals surface area contributed by atoms with E-state index in [-0.39, 0.29) is 24.2 Å². The molecule has 19 heavy (non-hydrogen) atoms. The van der Waals surface area contributed by atoms with Crippen LogP contribution in [-0.4, -0.2) is 40.0 Å². The topological polar surface area (TPSA) is 83.7 Å². The van der Waals surface area contributed by atoms with Gasteiger partial charge in [0.25, 0.3) is 11.6 Å². The Bertz CT molecular complexity index is 520. The van der Waals surface area contributed by atoms with Gasteiger partial charge in [-0.3, -0.25) is 14.9 Å². The second kappa shape index (κ2) is 5.66. The number of nitro benzene ring substituents is 1. The molecule has 0 unspecified atom stereocenters. The molecule has 7 heteroatoms. The molecule has 1 fully saturated rings. The predicted molar refractivity (Wildman–Crippen MR) is 71.9 cm³/mol. The zero-order chi connectivity index (χ0) is 14.0. The van der Waals surface area contributed by atoms with Crippen molar-refractivity contribution in [1.29, 1.82) is 0 Å². The fourth-order valence-electron chi connectivity index (χ4n) is 2.24. The molecule has 1 heterocycles. The molecule has 0 aromatic heterocycles. The summed E-state index contributed by atoms with van der Waals surface area (Å²) >= 11 is 3.19. The zero-order valence-corrected chi connectivity index (χ0v) is 11.7. The third-order valence-electron chi connectivity index (χ3n) is 3.24. The first-order valence-electron chi connectivity index (χ1n) is 5.90. The fourth-order valence-corrected chi connectivity index (χ4v) is 2.77. The molecule has 0 saturated carbocycles. The van der Waals surface area contributed by atoms with Gasteiger partial charge in [-0.2, -0.15) is 0 Å². The van der Waals surface area contributed by atoms with Crippen molar-refractivity contribution in [2.24, 2.45) is 0 Å². The molecule has 0 bridgehead atoms. The number of carbonyl (C=O) groups excluding carboxylic acids is 1. The minimum absolute atomic E-state index is 0.0592. The van der Waals surface area contributed by atoms with Gasteiger partial charge in [0.2, 0.25) is 0 Å². The lowest BCUT2D eigenvalue weighted by molar-refractivity contribution is -0.384. The number of halogens is 1. The SMILES string of the molecule is O=C(c1ccc([N+](=O)[O-])cc1Br)N1CCC[C@@H]1CO. The smallest absolute Gasteiger partial charge is 0.270 e. The summed E-state index contributed by atoms with van der Waals surface area (Å²) < 4.78 is 0.398. The number of aliphatic hydroxyl groups excluding tert-OH is 1. The number of nitro groups is 1. The Morgan fingerprint density at radius 1 is 1.58 bits per heavy atom. The number of hydrogen-bond donors (Lipinski definition) is 1. The first-order chi connectivity index (χ1) is 9.04. The van der Waals surface area contributed by atoms with Crippen LogP contribution in [0.3, 0.4) is 0 Å². The number of hydrogen-bond acceptors (Lipinski definition) is 4. The Balaban J connectivity index is 2.26. The van der Waals surface area contributed by atoms with E-state index in [4.69, 9.17) is 0 Å². The molecular weight excluding hydrogens is 316 g/mol. The number of rotatable bonds is 3. The van der Waals surface area contributed by atoms with E-state index in [1.807, 2.05) is 0 Å². The molecular formula is C12H13BrN2O4. The number of benzene rings is 1. The fraction of sp³-hybridized carbons (Fsp3) is 0.417. The molecule has 1 N–H and O–H groups in total. The largest absolute Gasteiger partial charge is 0.394 e. The summed E-state index contributed by atoms with van der Waals surface area (Å²) in [5.41, 5.74) is 0.314. The molecule has 1 aliphatic rings. The zero-order valence-electron chi connectivity index (χ0n) is 10.1. The van der Waals surface area contributed by atoms with Crippen molar-refractivity contribution in [3.63, 3.8) is 0 Å². The average molecular weight is 329 g/mol. The maximum absolute atomic E-state index is 12.3. The number of amides is 1. The molecule has 1 aromatic rings. The van der Waals surface area contributed by atoms with Gasteiger partial charge in [-0.1, -0.05) is 0 Å². The van der Waals surface area contributed by atoms with Gasteiger partial charge in [0, 0.05) is 23.2 Å². The molecule has 0 aliphatic carbocycles. The van der Waals surface area contributed by atoms with Crippen LogP contribution in [0.2, 0.25) is 0 Å². The van der Waals surface area contributed by atoms with Gasteiger partial charge in [-0.15, -0.1) is 0 Å². The summed E-state index contributed by atoms with van der Waals surface area (Å²) in [5, 5.41) is 19.9. The van der Waals surface area contributed by atoms with Gasteiger partial charge >= 0.3 is 0 Å². The molecule has 1 amide bonds. The summed E-state index contributed by atoms with van der Waals surface area (Å²) in [6, 6.07) is 3.91. The predicted octanol–water partition coefficient (Wildman–Crippen LogP) is 1.95. The van der Waals surface area contributed by atoms with Crippen molar-refractivity contribution in [2.45, 2.75) is 18.9 Å². The lowest BCUT2D eigenvalue weighted by Gasteiger charge is -2.23. The standard InChI is InChI=1S/C12H13BrN2O4/c13-11-6-8(15(18)19)3-4-10(11)12(17)14-5-1-2-9(14)7-16/h3-4,6,9,16H,1-2,5,7H2/t9-/m1/s1. The van der Waals surface area contributed by atoms with E-state index in [1.165, 1.54) is 18.2 Å². The van der Waals surface area contributed by atoms with E-state index in [0.29, 0.717) is 16.6 Å². The first-order valence-corrected chi connectivity index (χ1v) is 6.69. The molecule has 1 saturated heterocycles. The summed E-state index contributed by atoms with van der Waals surface area (Å²) in [6.07, 6.45) is 1.65. The second-order valence-electron chi connectivity index (χ2n) is 4.40. The van der Waals surface area contributed by atoms with E-state index >= 15 is 0 Å². The van der Waals surface area contributed by atoms with E-state index in [9.17, 15) is 20.0 Å². The summed E-state index contributed by atoms with van der Waals surface area (Å²) in [6.45, 7) is 0.545. The van der Waals surface area contributed by atoms with Gasteiger partial charge in [-0.05, 0) is 34.8 Å². The number of likely N-dealkylation sites (tertiary alicyclic amines) is 1. The highest BCUT2D eigenvalue weighted by Gasteiger charge is 2.30. The van der Waals surface area contributed by atoms with Crippen LogP contribution in [0.5, 0.6) is 0 Å². The van der Waals surface area contributed by atoms with E-state index in [0.717, 1.165) is 12.8 Å². The molecule has 1 aromatic carbocycles. The lowest BCUT2D eigenvalue weighted by Crippen LogP contribution is -2.37. The van der Waals surface area contributed by atoms with Crippen molar-refractivity contribution in [1.82, 2.24) is 4.90 Å². The third-order valence-corrected chi connectivity index (χ3v) is 3.90. The Labute approximate surface area is 118 Å². The minimum atomic E-state index is -0.509. The van der Waals surface area contributed by atoms with Gasteiger partial charge in [0.1, 0.15) is 0 Å². The monoisotopic (exact) mass is 328 g/mol. The number of carbonyl (C=O) groups is 1. The number of non-ortho nitro benzene ring substituents is 1. The molecule has 1 aliphatic heterocycles.